The van der Waals surface area contributed by atoms with E-state index in [0.29, 0.717) is 12.2 Å². The summed E-state index contributed by atoms with van der Waals surface area (Å²) in [5, 5.41) is 16.1. The number of rotatable bonds is 7. The van der Waals surface area contributed by atoms with Gasteiger partial charge in [-0.1, -0.05) is 6.92 Å². The van der Waals surface area contributed by atoms with Gasteiger partial charge in [0.2, 0.25) is 0 Å². The smallest absolute Gasteiger partial charge is 0.317 e. The van der Waals surface area contributed by atoms with E-state index in [1.807, 2.05) is 25.7 Å². The molecule has 0 spiro atoms. The fourth-order valence-electron chi connectivity index (χ4n) is 2.68. The minimum Gasteiger partial charge on any atom is -0.480 e. The van der Waals surface area contributed by atoms with Crippen molar-refractivity contribution in [2.75, 3.05) is 13.1 Å². The summed E-state index contributed by atoms with van der Waals surface area (Å²) < 4.78 is 1.75. The molecule has 7 nitrogen and oxygen atoms in total. The van der Waals surface area contributed by atoms with Gasteiger partial charge < -0.3 is 10.4 Å². The summed E-state index contributed by atoms with van der Waals surface area (Å²) in [6.07, 6.45) is 3.38. The molecule has 0 aliphatic heterocycles. The number of nitrogens with one attached hydrogen (secondary N) is 1. The third kappa shape index (κ3) is 3.85. The molecule has 1 fully saturated rings. The van der Waals surface area contributed by atoms with Crippen molar-refractivity contribution in [3.8, 4) is 0 Å². The average Bonchev–Trinajstić information content (AvgIpc) is 2.89. The number of hydrogen-bond donors (Lipinski definition) is 2. The summed E-state index contributed by atoms with van der Waals surface area (Å²) in [7, 11) is 0. The van der Waals surface area contributed by atoms with E-state index < -0.39 is 5.97 Å². The highest BCUT2D eigenvalue weighted by Gasteiger charge is 2.35. The van der Waals surface area contributed by atoms with Crippen molar-refractivity contribution in [1.82, 2.24) is 20.0 Å². The van der Waals surface area contributed by atoms with Gasteiger partial charge in [0.1, 0.15) is 5.69 Å². The second kappa shape index (κ2) is 6.91. The van der Waals surface area contributed by atoms with Gasteiger partial charge in [-0.25, -0.2) is 0 Å². The normalized spacial score (nSPS) is 21.0. The maximum atomic E-state index is 12.1. The summed E-state index contributed by atoms with van der Waals surface area (Å²) in [4.78, 5) is 24.8. The van der Waals surface area contributed by atoms with Crippen LogP contribution < -0.4 is 5.32 Å². The lowest BCUT2D eigenvalue weighted by Crippen LogP contribution is -2.54. The topological polar surface area (TPSA) is 87.5 Å². The molecule has 122 valence electrons. The van der Waals surface area contributed by atoms with Crippen LogP contribution in [0.3, 0.4) is 0 Å². The number of carbonyl (C=O) groups excluding carboxylic acids is 1. The molecule has 0 radical (unpaired) electrons. The van der Waals surface area contributed by atoms with Gasteiger partial charge in [0.05, 0.1) is 6.54 Å². The van der Waals surface area contributed by atoms with Crippen LogP contribution in [0.4, 0.5) is 0 Å². The van der Waals surface area contributed by atoms with Crippen molar-refractivity contribution < 1.29 is 14.7 Å². The van der Waals surface area contributed by atoms with Crippen LogP contribution in [0.5, 0.6) is 0 Å². The van der Waals surface area contributed by atoms with Crippen LogP contribution in [0.25, 0.3) is 0 Å². The lowest BCUT2D eigenvalue weighted by molar-refractivity contribution is -0.139. The zero-order valence-corrected chi connectivity index (χ0v) is 13.3. The largest absolute Gasteiger partial charge is 0.480 e. The molecule has 0 aromatic carbocycles. The molecule has 1 amide bonds. The quantitative estimate of drug-likeness (QED) is 0.788. The predicted octanol–water partition coefficient (Wildman–Crippen LogP) is 1.13. The van der Waals surface area contributed by atoms with Crippen molar-refractivity contribution in [2.24, 2.45) is 0 Å². The van der Waals surface area contributed by atoms with Crippen molar-refractivity contribution in [3.05, 3.63) is 18.0 Å². The SMILES string of the molecule is CCN(CC(=O)O)C1CC(NC(=O)c2ccn(C(C)C)n2)C1. The Morgan fingerprint density at radius 3 is 2.68 bits per heavy atom. The predicted molar refractivity (Wildman–Crippen MR) is 81.8 cm³/mol. The number of carboxylic acids is 1. The summed E-state index contributed by atoms with van der Waals surface area (Å²) in [6, 6.07) is 2.28. The van der Waals surface area contributed by atoms with E-state index in [9.17, 15) is 9.59 Å². The zero-order chi connectivity index (χ0) is 16.3. The second-order valence-electron chi connectivity index (χ2n) is 6.03. The molecule has 0 atom stereocenters. The number of hydrogen-bond acceptors (Lipinski definition) is 4. The highest BCUT2D eigenvalue weighted by atomic mass is 16.4. The molecule has 1 aromatic heterocycles. The molecule has 2 rings (SSSR count). The molecule has 0 bridgehead atoms. The van der Waals surface area contributed by atoms with Crippen LogP contribution >= 0.6 is 0 Å². The lowest BCUT2D eigenvalue weighted by Gasteiger charge is -2.42. The van der Waals surface area contributed by atoms with E-state index in [2.05, 4.69) is 10.4 Å². The first-order valence-corrected chi connectivity index (χ1v) is 7.72. The Hall–Kier alpha value is -1.89. The molecule has 1 aromatic rings. The van der Waals surface area contributed by atoms with E-state index in [0.717, 1.165) is 12.8 Å². The Labute approximate surface area is 130 Å². The number of carboxylic acid groups (broad SMARTS) is 1. The first-order valence-electron chi connectivity index (χ1n) is 7.72. The molecule has 1 heterocycles. The Bertz CT molecular complexity index is 535. The summed E-state index contributed by atoms with van der Waals surface area (Å²) in [5.74, 6) is -0.974. The molecule has 7 heteroatoms. The summed E-state index contributed by atoms with van der Waals surface area (Å²) in [6.45, 7) is 6.73. The number of amides is 1. The molecule has 1 aliphatic rings. The number of aromatic nitrogens is 2. The molecular formula is C15H24N4O3. The fourth-order valence-corrected chi connectivity index (χ4v) is 2.68. The Morgan fingerprint density at radius 2 is 2.18 bits per heavy atom. The van der Waals surface area contributed by atoms with Crippen LogP contribution in [0, 0.1) is 0 Å². The van der Waals surface area contributed by atoms with Crippen LogP contribution in [-0.4, -0.2) is 56.8 Å². The van der Waals surface area contributed by atoms with E-state index in [1.54, 1.807) is 16.9 Å². The number of nitrogens with zero attached hydrogens (tertiary/aromatic N) is 3. The standard InChI is InChI=1S/C15H24N4O3/c1-4-18(9-14(20)21)12-7-11(8-12)16-15(22)13-5-6-19(17-13)10(2)3/h5-6,10-12H,4,7-9H2,1-3H3,(H,16,22)(H,20,21). The molecule has 1 saturated carbocycles. The number of aliphatic carboxylic acids is 1. The van der Waals surface area contributed by atoms with Gasteiger partial charge in [0.25, 0.3) is 5.91 Å². The number of likely N-dealkylation sites (N-methyl/N-ethyl adjacent to an activating group) is 1. The van der Waals surface area contributed by atoms with Crippen LogP contribution in [0.1, 0.15) is 50.1 Å². The monoisotopic (exact) mass is 308 g/mol. The van der Waals surface area contributed by atoms with E-state index in [-0.39, 0.29) is 30.6 Å². The van der Waals surface area contributed by atoms with Gasteiger partial charge in [-0.15, -0.1) is 0 Å². The van der Waals surface area contributed by atoms with E-state index in [4.69, 9.17) is 5.11 Å². The van der Waals surface area contributed by atoms with Crippen molar-refractivity contribution in [1.29, 1.82) is 0 Å². The van der Waals surface area contributed by atoms with Crippen LogP contribution in [0.15, 0.2) is 12.3 Å². The molecule has 0 unspecified atom stereocenters. The highest BCUT2D eigenvalue weighted by Crippen LogP contribution is 2.25. The van der Waals surface area contributed by atoms with E-state index >= 15 is 0 Å². The zero-order valence-electron chi connectivity index (χ0n) is 13.3. The summed E-state index contributed by atoms with van der Waals surface area (Å²) >= 11 is 0. The maximum absolute atomic E-state index is 12.1. The van der Waals surface area contributed by atoms with Gasteiger partial charge in [-0.2, -0.15) is 5.10 Å². The van der Waals surface area contributed by atoms with Gasteiger partial charge in [-0.05, 0) is 39.3 Å². The fraction of sp³-hybridized carbons (Fsp3) is 0.667. The van der Waals surface area contributed by atoms with Crippen molar-refractivity contribution in [3.63, 3.8) is 0 Å². The molecule has 0 saturated heterocycles. The van der Waals surface area contributed by atoms with Gasteiger partial charge >= 0.3 is 5.97 Å². The second-order valence-corrected chi connectivity index (χ2v) is 6.03. The molecule has 22 heavy (non-hydrogen) atoms. The minimum atomic E-state index is -0.812. The maximum Gasteiger partial charge on any atom is 0.317 e. The van der Waals surface area contributed by atoms with Gasteiger partial charge in [0, 0.05) is 24.3 Å². The van der Waals surface area contributed by atoms with E-state index in [1.165, 1.54) is 0 Å². The first-order chi connectivity index (χ1) is 10.4. The minimum absolute atomic E-state index is 0.0562. The lowest BCUT2D eigenvalue weighted by atomic mass is 9.85. The Morgan fingerprint density at radius 1 is 1.50 bits per heavy atom. The summed E-state index contributed by atoms with van der Waals surface area (Å²) in [5.41, 5.74) is 0.426. The Balaban J connectivity index is 1.81. The number of carbonyl (C=O) groups is 2. The van der Waals surface area contributed by atoms with Crippen molar-refractivity contribution >= 4 is 11.9 Å². The van der Waals surface area contributed by atoms with Gasteiger partial charge in [-0.3, -0.25) is 19.2 Å². The average molecular weight is 308 g/mol. The first kappa shape index (κ1) is 16.5. The van der Waals surface area contributed by atoms with Crippen molar-refractivity contribution in [2.45, 2.75) is 51.7 Å². The third-order valence-electron chi connectivity index (χ3n) is 4.08. The van der Waals surface area contributed by atoms with Gasteiger partial charge in [0.15, 0.2) is 0 Å². The molecule has 2 N–H and O–H groups in total. The van der Waals surface area contributed by atoms with Crippen LogP contribution in [0.2, 0.25) is 0 Å². The highest BCUT2D eigenvalue weighted by molar-refractivity contribution is 5.92. The van der Waals surface area contributed by atoms with Crippen LogP contribution in [-0.2, 0) is 4.79 Å². The molecule has 1 aliphatic carbocycles. The Kier molecular flexibility index (Phi) is 5.18. The molecular weight excluding hydrogens is 284 g/mol. The third-order valence-corrected chi connectivity index (χ3v) is 4.08.